The van der Waals surface area contributed by atoms with Crippen molar-refractivity contribution in [3.05, 3.63) is 11.8 Å². The molecule has 1 heterocycles. The maximum Gasteiger partial charge on any atom is 0.148 e. The third-order valence-electron chi connectivity index (χ3n) is 2.18. The van der Waals surface area contributed by atoms with Gasteiger partial charge in [0, 0.05) is 31.4 Å². The summed E-state index contributed by atoms with van der Waals surface area (Å²) in [6.45, 7) is 4.89. The standard InChI is InChI=1S/C9H18N4/c1-4-8(10)6-11-9-5-7(2)13(3)12-9/h5,8H,4,6,10H2,1-3H3,(H,11,12)/t8-/m0/s1. The molecule has 0 aliphatic rings. The van der Waals surface area contributed by atoms with Gasteiger partial charge in [0.15, 0.2) is 0 Å². The summed E-state index contributed by atoms with van der Waals surface area (Å²) in [6, 6.07) is 2.23. The quantitative estimate of drug-likeness (QED) is 0.726. The minimum atomic E-state index is 0.210. The molecule has 0 aliphatic heterocycles. The molecule has 1 aromatic heterocycles. The van der Waals surface area contributed by atoms with Crippen LogP contribution in [0, 0.1) is 6.92 Å². The Hall–Kier alpha value is -1.03. The van der Waals surface area contributed by atoms with Crippen LogP contribution in [0.1, 0.15) is 19.0 Å². The Bertz CT molecular complexity index is 247. The molecule has 0 aliphatic carbocycles. The molecular formula is C9H18N4. The van der Waals surface area contributed by atoms with Crippen molar-refractivity contribution in [2.45, 2.75) is 26.3 Å². The number of aryl methyl sites for hydroxylation is 2. The lowest BCUT2D eigenvalue weighted by Crippen LogP contribution is -2.28. The van der Waals surface area contributed by atoms with Crippen molar-refractivity contribution in [1.29, 1.82) is 0 Å². The van der Waals surface area contributed by atoms with Crippen molar-refractivity contribution in [3.8, 4) is 0 Å². The van der Waals surface area contributed by atoms with Crippen LogP contribution in [0.2, 0.25) is 0 Å². The molecule has 3 N–H and O–H groups in total. The van der Waals surface area contributed by atoms with Gasteiger partial charge in [0.1, 0.15) is 5.82 Å². The van der Waals surface area contributed by atoms with E-state index in [2.05, 4.69) is 17.3 Å². The number of hydrogen-bond donors (Lipinski definition) is 2. The van der Waals surface area contributed by atoms with Gasteiger partial charge in [0.05, 0.1) is 0 Å². The zero-order chi connectivity index (χ0) is 9.84. The molecular weight excluding hydrogens is 164 g/mol. The van der Waals surface area contributed by atoms with E-state index in [1.807, 2.05) is 24.7 Å². The van der Waals surface area contributed by atoms with Gasteiger partial charge in [-0.25, -0.2) is 0 Å². The highest BCUT2D eigenvalue weighted by Crippen LogP contribution is 2.06. The minimum absolute atomic E-state index is 0.210. The van der Waals surface area contributed by atoms with Gasteiger partial charge < -0.3 is 11.1 Å². The van der Waals surface area contributed by atoms with Crippen molar-refractivity contribution in [2.75, 3.05) is 11.9 Å². The molecule has 1 atom stereocenters. The second-order valence-corrected chi connectivity index (χ2v) is 3.34. The molecule has 0 bridgehead atoms. The maximum absolute atomic E-state index is 5.77. The summed E-state index contributed by atoms with van der Waals surface area (Å²) in [6.07, 6.45) is 0.985. The van der Waals surface area contributed by atoms with Crippen molar-refractivity contribution < 1.29 is 0 Å². The summed E-state index contributed by atoms with van der Waals surface area (Å²) in [5, 5.41) is 7.47. The highest BCUT2D eigenvalue weighted by molar-refractivity contribution is 5.35. The third kappa shape index (κ3) is 2.73. The number of hydrogen-bond acceptors (Lipinski definition) is 3. The molecule has 0 unspecified atom stereocenters. The number of anilines is 1. The van der Waals surface area contributed by atoms with Gasteiger partial charge in [0.25, 0.3) is 0 Å². The number of aromatic nitrogens is 2. The Labute approximate surface area is 79.1 Å². The van der Waals surface area contributed by atoms with Crippen LogP contribution >= 0.6 is 0 Å². The van der Waals surface area contributed by atoms with E-state index in [0.29, 0.717) is 0 Å². The van der Waals surface area contributed by atoms with Gasteiger partial charge in [-0.2, -0.15) is 5.10 Å². The zero-order valence-corrected chi connectivity index (χ0v) is 8.54. The fourth-order valence-electron chi connectivity index (χ4n) is 1.03. The Kier molecular flexibility index (Phi) is 3.31. The van der Waals surface area contributed by atoms with Crippen LogP contribution in [0.5, 0.6) is 0 Å². The van der Waals surface area contributed by atoms with Crippen molar-refractivity contribution in [3.63, 3.8) is 0 Å². The molecule has 0 fully saturated rings. The van der Waals surface area contributed by atoms with Crippen LogP contribution in [0.4, 0.5) is 5.82 Å². The van der Waals surface area contributed by atoms with Crippen LogP contribution < -0.4 is 11.1 Å². The molecule has 4 heteroatoms. The maximum atomic E-state index is 5.77. The number of nitrogens with zero attached hydrogens (tertiary/aromatic N) is 2. The van der Waals surface area contributed by atoms with Gasteiger partial charge in [-0.3, -0.25) is 4.68 Å². The number of nitrogens with one attached hydrogen (secondary N) is 1. The molecule has 0 spiro atoms. The highest BCUT2D eigenvalue weighted by Gasteiger charge is 2.02. The van der Waals surface area contributed by atoms with Crippen molar-refractivity contribution in [1.82, 2.24) is 9.78 Å². The van der Waals surface area contributed by atoms with Crippen LogP contribution in [0.15, 0.2) is 6.07 Å². The Balaban J connectivity index is 2.45. The zero-order valence-electron chi connectivity index (χ0n) is 8.54. The lowest BCUT2D eigenvalue weighted by atomic mass is 10.2. The van der Waals surface area contributed by atoms with E-state index in [1.165, 1.54) is 0 Å². The monoisotopic (exact) mass is 182 g/mol. The number of rotatable bonds is 4. The molecule has 1 rings (SSSR count). The summed E-state index contributed by atoms with van der Waals surface area (Å²) in [5.74, 6) is 0.906. The third-order valence-corrected chi connectivity index (χ3v) is 2.18. The fourth-order valence-corrected chi connectivity index (χ4v) is 1.03. The van der Waals surface area contributed by atoms with Gasteiger partial charge >= 0.3 is 0 Å². The van der Waals surface area contributed by atoms with Gasteiger partial charge in [-0.05, 0) is 13.3 Å². The van der Waals surface area contributed by atoms with E-state index in [-0.39, 0.29) is 6.04 Å². The van der Waals surface area contributed by atoms with Crippen LogP contribution in [-0.2, 0) is 7.05 Å². The summed E-state index contributed by atoms with van der Waals surface area (Å²) < 4.78 is 1.85. The van der Waals surface area contributed by atoms with E-state index >= 15 is 0 Å². The second kappa shape index (κ2) is 4.28. The first-order valence-corrected chi connectivity index (χ1v) is 4.63. The SMILES string of the molecule is CC[C@H](N)CNc1cc(C)n(C)n1. The molecule has 0 aromatic carbocycles. The van der Waals surface area contributed by atoms with E-state index < -0.39 is 0 Å². The molecule has 4 nitrogen and oxygen atoms in total. The predicted molar refractivity (Wildman–Crippen MR) is 54.7 cm³/mol. The second-order valence-electron chi connectivity index (χ2n) is 3.34. The van der Waals surface area contributed by atoms with Crippen LogP contribution in [0.3, 0.4) is 0 Å². The Morgan fingerprint density at radius 1 is 1.69 bits per heavy atom. The van der Waals surface area contributed by atoms with E-state index in [4.69, 9.17) is 5.73 Å². The predicted octanol–water partition coefficient (Wildman–Crippen LogP) is 0.878. The fraction of sp³-hybridized carbons (Fsp3) is 0.667. The minimum Gasteiger partial charge on any atom is -0.367 e. The Morgan fingerprint density at radius 3 is 2.85 bits per heavy atom. The highest BCUT2D eigenvalue weighted by atomic mass is 15.3. The van der Waals surface area contributed by atoms with Crippen molar-refractivity contribution >= 4 is 5.82 Å². The van der Waals surface area contributed by atoms with E-state index in [9.17, 15) is 0 Å². The summed E-state index contributed by atoms with van der Waals surface area (Å²) >= 11 is 0. The van der Waals surface area contributed by atoms with Gasteiger partial charge in [-0.1, -0.05) is 6.92 Å². The first-order valence-electron chi connectivity index (χ1n) is 4.63. The summed E-state index contributed by atoms with van der Waals surface area (Å²) in [7, 11) is 1.93. The van der Waals surface area contributed by atoms with E-state index in [1.54, 1.807) is 0 Å². The number of nitrogens with two attached hydrogens (primary N) is 1. The molecule has 13 heavy (non-hydrogen) atoms. The average Bonchev–Trinajstić information content (AvgIpc) is 2.42. The Morgan fingerprint density at radius 2 is 2.38 bits per heavy atom. The molecule has 0 amide bonds. The smallest absolute Gasteiger partial charge is 0.148 e. The lowest BCUT2D eigenvalue weighted by molar-refractivity contribution is 0.674. The van der Waals surface area contributed by atoms with Crippen LogP contribution in [-0.4, -0.2) is 22.4 Å². The molecule has 0 saturated carbocycles. The molecule has 1 aromatic rings. The summed E-state index contributed by atoms with van der Waals surface area (Å²) in [4.78, 5) is 0. The normalized spacial score (nSPS) is 12.9. The topological polar surface area (TPSA) is 55.9 Å². The van der Waals surface area contributed by atoms with Crippen molar-refractivity contribution in [2.24, 2.45) is 12.8 Å². The van der Waals surface area contributed by atoms with Crippen LogP contribution in [0.25, 0.3) is 0 Å². The average molecular weight is 182 g/mol. The first kappa shape index (κ1) is 10.1. The lowest BCUT2D eigenvalue weighted by Gasteiger charge is -2.08. The van der Waals surface area contributed by atoms with E-state index in [0.717, 1.165) is 24.5 Å². The van der Waals surface area contributed by atoms with Gasteiger partial charge in [-0.15, -0.1) is 0 Å². The molecule has 74 valence electrons. The largest absolute Gasteiger partial charge is 0.367 e. The molecule has 0 radical (unpaired) electrons. The van der Waals surface area contributed by atoms with Gasteiger partial charge in [0.2, 0.25) is 0 Å². The molecule has 0 saturated heterocycles. The first-order chi connectivity index (χ1) is 6.13. The summed E-state index contributed by atoms with van der Waals surface area (Å²) in [5.41, 5.74) is 6.91.